The summed E-state index contributed by atoms with van der Waals surface area (Å²) in [4.78, 5) is 27.4. The Bertz CT molecular complexity index is 167. The number of aliphatic carboxylic acids is 3. The van der Waals surface area contributed by atoms with Crippen molar-refractivity contribution < 1.29 is 48.3 Å². The van der Waals surface area contributed by atoms with Gasteiger partial charge in [0.1, 0.15) is 0 Å². The van der Waals surface area contributed by atoms with Crippen LogP contribution in [-0.2, 0) is 32.9 Å². The molecule has 92 valence electrons. The van der Waals surface area contributed by atoms with Crippen LogP contribution in [0, 0.1) is 0 Å². The molecule has 0 saturated carbocycles. The van der Waals surface area contributed by atoms with Gasteiger partial charge in [0.2, 0.25) is 0 Å². The van der Waals surface area contributed by atoms with E-state index in [1.54, 1.807) is 0 Å². The average Bonchev–Trinajstić information content (AvgIpc) is 2.19. The smallest absolute Gasteiger partial charge is 0.549 e. The van der Waals surface area contributed by atoms with Crippen molar-refractivity contribution in [3.8, 4) is 0 Å². The average molecular weight is 273 g/mol. The molecule has 0 rings (SSSR count). The number of rotatable bonds is 3. The van der Waals surface area contributed by atoms with Crippen LogP contribution in [-0.4, -0.2) is 37.5 Å². The molecule has 0 radical (unpaired) electrons. The minimum atomic E-state index is -1.22. The van der Waals surface area contributed by atoms with Crippen LogP contribution in [0.25, 0.3) is 0 Å². The molecule has 0 amide bonds. The van der Waals surface area contributed by atoms with Crippen molar-refractivity contribution in [2.24, 2.45) is 17.2 Å². The van der Waals surface area contributed by atoms with Crippen molar-refractivity contribution in [3.05, 3.63) is 0 Å². The van der Waals surface area contributed by atoms with Gasteiger partial charge in [0, 0.05) is 19.6 Å². The zero-order chi connectivity index (χ0) is 12.9. The second-order valence-electron chi connectivity index (χ2n) is 1.73. The molecule has 0 aliphatic carbocycles. The molecule has 0 atom stereocenters. The molecule has 9 nitrogen and oxygen atoms in total. The topological polar surface area (TPSA) is 198 Å². The Hall–Kier alpha value is -1.13. The molecule has 0 aliphatic rings. The monoisotopic (exact) mass is 273 g/mol. The van der Waals surface area contributed by atoms with E-state index in [9.17, 15) is 0 Å². The minimum absolute atomic E-state index is 0. The molecule has 16 heavy (non-hydrogen) atoms. The van der Waals surface area contributed by atoms with Gasteiger partial charge in [-0.05, 0) is 0 Å². The summed E-state index contributed by atoms with van der Waals surface area (Å²) >= 11 is 0. The van der Waals surface area contributed by atoms with E-state index in [1.807, 2.05) is 0 Å². The zero-order valence-electron chi connectivity index (χ0n) is 8.25. The van der Waals surface area contributed by atoms with Crippen molar-refractivity contribution in [2.45, 2.75) is 0 Å². The molecular weight excluding hydrogens is 261 g/mol. The Morgan fingerprint density at radius 1 is 0.688 bits per heavy atom. The molecule has 10 heteroatoms. The third-order valence-corrected chi connectivity index (χ3v) is 0.500. The summed E-state index contributed by atoms with van der Waals surface area (Å²) < 4.78 is 0. The normalized spacial score (nSPS) is 6.94. The van der Waals surface area contributed by atoms with Crippen molar-refractivity contribution in [3.63, 3.8) is 0 Å². The summed E-state index contributed by atoms with van der Waals surface area (Å²) in [6.07, 6.45) is 0. The first-order chi connectivity index (χ1) is 6.81. The van der Waals surface area contributed by atoms with Gasteiger partial charge >= 0.3 is 18.6 Å². The van der Waals surface area contributed by atoms with E-state index in [0.717, 1.165) is 0 Å². The maximum Gasteiger partial charge on any atom is 3.00 e. The van der Waals surface area contributed by atoms with Crippen LogP contribution in [0.2, 0.25) is 0 Å². The van der Waals surface area contributed by atoms with Crippen LogP contribution in [0.15, 0.2) is 0 Å². The first-order valence-corrected chi connectivity index (χ1v) is 3.51. The second-order valence-corrected chi connectivity index (χ2v) is 1.73. The SMILES string of the molecule is NCC(=O)[O-].NCC(=O)[O-].NCC(=O)[O-].[V+3]. The van der Waals surface area contributed by atoms with E-state index in [1.165, 1.54) is 0 Å². The van der Waals surface area contributed by atoms with Crippen LogP contribution < -0.4 is 32.5 Å². The number of nitrogens with two attached hydrogens (primary N) is 3. The molecule has 0 aromatic carbocycles. The summed E-state index contributed by atoms with van der Waals surface area (Å²) in [6.45, 7) is -1.17. The number of carboxylic acids is 3. The third kappa shape index (κ3) is 76.4. The fraction of sp³-hybridized carbons (Fsp3) is 0.500. The predicted molar refractivity (Wildman–Crippen MR) is 42.2 cm³/mol. The van der Waals surface area contributed by atoms with Crippen molar-refractivity contribution in [1.82, 2.24) is 0 Å². The standard InChI is InChI=1S/3C2H5NO2.V/c3*3-1-2(4)5;/h3*1,3H2,(H,4,5);/q;;;+3/p-3. The van der Waals surface area contributed by atoms with Crippen LogP contribution in [0.5, 0.6) is 0 Å². The van der Waals surface area contributed by atoms with Gasteiger partial charge in [-0.25, -0.2) is 0 Å². The molecule has 6 N–H and O–H groups in total. The van der Waals surface area contributed by atoms with Crippen molar-refractivity contribution in [1.29, 1.82) is 0 Å². The van der Waals surface area contributed by atoms with Gasteiger partial charge in [-0.2, -0.15) is 0 Å². The largest absolute Gasteiger partial charge is 3.00 e. The number of carbonyl (C=O) groups excluding carboxylic acids is 3. The van der Waals surface area contributed by atoms with Crippen molar-refractivity contribution in [2.75, 3.05) is 19.6 Å². The molecule has 0 spiro atoms. The minimum Gasteiger partial charge on any atom is -0.549 e. The molecule has 0 unspecified atom stereocenters. The van der Waals surface area contributed by atoms with Crippen molar-refractivity contribution >= 4 is 17.9 Å². The summed E-state index contributed by atoms with van der Waals surface area (Å²) in [5.41, 5.74) is 13.5. The molecule has 0 saturated heterocycles. The van der Waals surface area contributed by atoms with E-state index in [0.29, 0.717) is 0 Å². The molecule has 0 aromatic rings. The first kappa shape index (κ1) is 24.2. The number of hydrogen-bond donors (Lipinski definition) is 3. The summed E-state index contributed by atoms with van der Waals surface area (Å²) in [7, 11) is 0. The molecule has 0 fully saturated rings. The van der Waals surface area contributed by atoms with Gasteiger partial charge in [-0.15, -0.1) is 0 Å². The summed E-state index contributed by atoms with van der Waals surface area (Å²) in [5, 5.41) is 27.4. The summed E-state index contributed by atoms with van der Waals surface area (Å²) in [5.74, 6) is -3.65. The molecule has 0 bridgehead atoms. The Labute approximate surface area is 103 Å². The third-order valence-electron chi connectivity index (χ3n) is 0.500. The molecule has 0 aromatic heterocycles. The van der Waals surface area contributed by atoms with Gasteiger partial charge in [-0.3, -0.25) is 0 Å². The van der Waals surface area contributed by atoms with E-state index < -0.39 is 17.9 Å². The zero-order valence-corrected chi connectivity index (χ0v) is 9.65. The Morgan fingerprint density at radius 2 is 0.750 bits per heavy atom. The van der Waals surface area contributed by atoms with Crippen LogP contribution in [0.4, 0.5) is 0 Å². The number of carbonyl (C=O) groups is 3. The number of hydrogen-bond acceptors (Lipinski definition) is 9. The van der Waals surface area contributed by atoms with E-state index in [-0.39, 0.29) is 38.2 Å². The van der Waals surface area contributed by atoms with Gasteiger partial charge < -0.3 is 46.9 Å². The van der Waals surface area contributed by atoms with Gasteiger partial charge in [0.15, 0.2) is 0 Å². The van der Waals surface area contributed by atoms with E-state index in [4.69, 9.17) is 29.7 Å². The van der Waals surface area contributed by atoms with E-state index in [2.05, 4.69) is 17.2 Å². The fourth-order valence-electron chi connectivity index (χ4n) is 0. The first-order valence-electron chi connectivity index (χ1n) is 3.51. The quantitative estimate of drug-likeness (QED) is 0.446. The van der Waals surface area contributed by atoms with Gasteiger partial charge in [-0.1, -0.05) is 0 Å². The summed E-state index contributed by atoms with van der Waals surface area (Å²) in [6, 6.07) is 0. The maximum atomic E-state index is 9.13. The Kier molecular flexibility index (Phi) is 29.4. The van der Waals surface area contributed by atoms with Crippen LogP contribution in [0.1, 0.15) is 0 Å². The van der Waals surface area contributed by atoms with E-state index >= 15 is 0 Å². The predicted octanol–water partition coefficient (Wildman–Crippen LogP) is -6.92. The molecule has 0 heterocycles. The van der Waals surface area contributed by atoms with Crippen LogP contribution in [0.3, 0.4) is 0 Å². The van der Waals surface area contributed by atoms with Crippen LogP contribution >= 0.6 is 0 Å². The fourth-order valence-corrected chi connectivity index (χ4v) is 0. The maximum absolute atomic E-state index is 9.13. The Balaban J connectivity index is -0.0000000655. The second kappa shape index (κ2) is 19.4. The van der Waals surface area contributed by atoms with Gasteiger partial charge in [0.25, 0.3) is 0 Å². The van der Waals surface area contributed by atoms with Gasteiger partial charge in [0.05, 0.1) is 17.9 Å². The number of carboxylic acid groups (broad SMARTS) is 3. The molecular formula is C6H12N3O6V. The molecule has 0 aliphatic heterocycles. The Morgan fingerprint density at radius 3 is 0.750 bits per heavy atom.